The molecule has 0 fully saturated rings. The van der Waals surface area contributed by atoms with Gasteiger partial charge in [0.05, 0.1) is 13.7 Å². The molecule has 5 nitrogen and oxygen atoms in total. The maximum atomic E-state index is 11.7. The fourth-order valence-corrected chi connectivity index (χ4v) is 2.08. The second-order valence-corrected chi connectivity index (χ2v) is 5.16. The molecule has 0 aliphatic rings. The third kappa shape index (κ3) is 5.71. The molecule has 2 N–H and O–H groups in total. The smallest absolute Gasteiger partial charge is 0.315 e. The van der Waals surface area contributed by atoms with Crippen LogP contribution in [0.1, 0.15) is 5.56 Å². The zero-order valence-corrected chi connectivity index (χ0v) is 13.6. The summed E-state index contributed by atoms with van der Waals surface area (Å²) in [6, 6.07) is 14.4. The van der Waals surface area contributed by atoms with Crippen molar-refractivity contribution in [3.63, 3.8) is 0 Å². The summed E-state index contributed by atoms with van der Waals surface area (Å²) >= 11 is 5.79. The first-order valence-electron chi connectivity index (χ1n) is 7.21. The number of urea groups is 1. The first kappa shape index (κ1) is 17.0. The number of amides is 2. The molecule has 0 heterocycles. The summed E-state index contributed by atoms with van der Waals surface area (Å²) in [6.07, 6.45) is 0. The lowest BCUT2D eigenvalue weighted by molar-refractivity contribution is 0.236. The molecule has 0 spiro atoms. The molecular weight excluding hydrogens is 316 g/mol. The fraction of sp³-hybridized carbons (Fsp3) is 0.235. The minimum absolute atomic E-state index is 0.254. The normalized spacial score (nSPS) is 10.0. The SMILES string of the molecule is COc1ccccc1CNC(=O)NCCOc1ccc(Cl)cc1. The van der Waals surface area contributed by atoms with E-state index < -0.39 is 0 Å². The Morgan fingerprint density at radius 1 is 1.09 bits per heavy atom. The second-order valence-electron chi connectivity index (χ2n) is 4.72. The zero-order chi connectivity index (χ0) is 16.5. The van der Waals surface area contributed by atoms with Crippen molar-refractivity contribution in [2.75, 3.05) is 20.3 Å². The molecule has 0 saturated carbocycles. The van der Waals surface area contributed by atoms with Gasteiger partial charge in [-0.1, -0.05) is 29.8 Å². The molecule has 2 amide bonds. The van der Waals surface area contributed by atoms with Gasteiger partial charge in [0.25, 0.3) is 0 Å². The van der Waals surface area contributed by atoms with Gasteiger partial charge in [-0.15, -0.1) is 0 Å². The number of rotatable bonds is 7. The molecule has 6 heteroatoms. The highest BCUT2D eigenvalue weighted by molar-refractivity contribution is 6.30. The maximum absolute atomic E-state index is 11.7. The number of carbonyl (C=O) groups excluding carboxylic acids is 1. The van der Waals surface area contributed by atoms with E-state index in [1.807, 2.05) is 24.3 Å². The Balaban J connectivity index is 1.66. The van der Waals surface area contributed by atoms with Gasteiger partial charge in [0.15, 0.2) is 0 Å². The van der Waals surface area contributed by atoms with Crippen molar-refractivity contribution in [1.29, 1.82) is 0 Å². The van der Waals surface area contributed by atoms with Crippen molar-refractivity contribution in [1.82, 2.24) is 10.6 Å². The third-order valence-electron chi connectivity index (χ3n) is 3.10. The standard InChI is InChI=1S/C17H19ClN2O3/c1-22-16-5-3-2-4-13(16)12-20-17(21)19-10-11-23-15-8-6-14(18)7-9-15/h2-9H,10-12H2,1H3,(H2,19,20,21). The van der Waals surface area contributed by atoms with E-state index >= 15 is 0 Å². The van der Waals surface area contributed by atoms with Crippen LogP contribution in [0.15, 0.2) is 48.5 Å². The molecule has 23 heavy (non-hydrogen) atoms. The van der Waals surface area contributed by atoms with Crippen LogP contribution in [0, 0.1) is 0 Å². The lowest BCUT2D eigenvalue weighted by atomic mass is 10.2. The summed E-state index contributed by atoms with van der Waals surface area (Å²) in [6.45, 7) is 1.18. The molecule has 0 atom stereocenters. The van der Waals surface area contributed by atoms with E-state index in [9.17, 15) is 4.79 Å². The number of carbonyl (C=O) groups is 1. The Hall–Kier alpha value is -2.40. The number of halogens is 1. The van der Waals surface area contributed by atoms with Crippen molar-refractivity contribution in [2.24, 2.45) is 0 Å². The highest BCUT2D eigenvalue weighted by Crippen LogP contribution is 2.16. The van der Waals surface area contributed by atoms with Crippen molar-refractivity contribution in [3.8, 4) is 11.5 Å². The average molecular weight is 335 g/mol. The number of benzene rings is 2. The van der Waals surface area contributed by atoms with Crippen LogP contribution in [0.5, 0.6) is 11.5 Å². The van der Waals surface area contributed by atoms with E-state index in [0.717, 1.165) is 11.3 Å². The van der Waals surface area contributed by atoms with E-state index in [2.05, 4.69) is 10.6 Å². The highest BCUT2D eigenvalue weighted by Gasteiger charge is 2.04. The Kier molecular flexibility index (Phi) is 6.56. The summed E-state index contributed by atoms with van der Waals surface area (Å²) < 4.78 is 10.7. The summed E-state index contributed by atoms with van der Waals surface area (Å²) in [5, 5.41) is 6.17. The van der Waals surface area contributed by atoms with Gasteiger partial charge in [-0.2, -0.15) is 0 Å². The number of hydrogen-bond donors (Lipinski definition) is 2. The van der Waals surface area contributed by atoms with Crippen LogP contribution in [0.3, 0.4) is 0 Å². The average Bonchev–Trinajstić information content (AvgIpc) is 2.58. The lowest BCUT2D eigenvalue weighted by Gasteiger charge is -2.11. The van der Waals surface area contributed by atoms with E-state index in [0.29, 0.717) is 30.5 Å². The predicted octanol–water partition coefficient (Wildman–Crippen LogP) is 3.23. The van der Waals surface area contributed by atoms with Gasteiger partial charge in [0, 0.05) is 17.1 Å². The van der Waals surface area contributed by atoms with Crippen LogP contribution >= 0.6 is 11.6 Å². The molecule has 0 radical (unpaired) electrons. The monoisotopic (exact) mass is 334 g/mol. The zero-order valence-electron chi connectivity index (χ0n) is 12.8. The van der Waals surface area contributed by atoms with Crippen LogP contribution in [-0.4, -0.2) is 26.3 Å². The van der Waals surface area contributed by atoms with Gasteiger partial charge in [0.2, 0.25) is 0 Å². The second kappa shape index (κ2) is 8.90. The van der Waals surface area contributed by atoms with Gasteiger partial charge < -0.3 is 20.1 Å². The number of hydrogen-bond acceptors (Lipinski definition) is 3. The quantitative estimate of drug-likeness (QED) is 0.764. The van der Waals surface area contributed by atoms with Crippen molar-refractivity contribution in [3.05, 3.63) is 59.1 Å². The van der Waals surface area contributed by atoms with Crippen LogP contribution < -0.4 is 20.1 Å². The number of para-hydroxylation sites is 1. The molecule has 2 rings (SSSR count). The molecule has 2 aromatic rings. The molecule has 122 valence electrons. The number of ether oxygens (including phenoxy) is 2. The highest BCUT2D eigenvalue weighted by atomic mass is 35.5. The van der Waals surface area contributed by atoms with Gasteiger partial charge in [-0.25, -0.2) is 4.79 Å². The van der Waals surface area contributed by atoms with Gasteiger partial charge in [-0.05, 0) is 30.3 Å². The topological polar surface area (TPSA) is 59.6 Å². The molecule has 0 aliphatic carbocycles. The molecule has 0 aromatic heterocycles. The molecule has 0 bridgehead atoms. The minimum atomic E-state index is -0.254. The van der Waals surface area contributed by atoms with E-state index in [1.54, 1.807) is 31.4 Å². The Labute approximate surface area is 140 Å². The summed E-state index contributed by atoms with van der Waals surface area (Å²) in [5.41, 5.74) is 0.919. The summed E-state index contributed by atoms with van der Waals surface area (Å²) in [7, 11) is 1.60. The molecule has 0 unspecified atom stereocenters. The van der Waals surface area contributed by atoms with Crippen LogP contribution in [0.4, 0.5) is 4.79 Å². The maximum Gasteiger partial charge on any atom is 0.315 e. The number of methoxy groups -OCH3 is 1. The molecular formula is C17H19ClN2O3. The van der Waals surface area contributed by atoms with Crippen molar-refractivity contribution >= 4 is 17.6 Å². The lowest BCUT2D eigenvalue weighted by Crippen LogP contribution is -2.37. The van der Waals surface area contributed by atoms with Crippen LogP contribution in [-0.2, 0) is 6.54 Å². The predicted molar refractivity (Wildman–Crippen MR) is 90.2 cm³/mol. The van der Waals surface area contributed by atoms with E-state index in [-0.39, 0.29) is 6.03 Å². The Morgan fingerprint density at radius 2 is 1.83 bits per heavy atom. The van der Waals surface area contributed by atoms with Crippen molar-refractivity contribution < 1.29 is 14.3 Å². The summed E-state index contributed by atoms with van der Waals surface area (Å²) in [4.78, 5) is 11.7. The number of nitrogens with one attached hydrogen (secondary N) is 2. The summed E-state index contributed by atoms with van der Waals surface area (Å²) in [5.74, 6) is 1.46. The van der Waals surface area contributed by atoms with E-state index in [4.69, 9.17) is 21.1 Å². The van der Waals surface area contributed by atoms with Gasteiger partial charge in [-0.3, -0.25) is 0 Å². The van der Waals surface area contributed by atoms with Gasteiger partial charge >= 0.3 is 6.03 Å². The Bertz CT molecular complexity index is 632. The Morgan fingerprint density at radius 3 is 2.57 bits per heavy atom. The first-order chi connectivity index (χ1) is 11.2. The molecule has 0 aliphatic heterocycles. The third-order valence-corrected chi connectivity index (χ3v) is 3.35. The van der Waals surface area contributed by atoms with Gasteiger partial charge in [0.1, 0.15) is 18.1 Å². The largest absolute Gasteiger partial charge is 0.496 e. The first-order valence-corrected chi connectivity index (χ1v) is 7.59. The molecule has 2 aromatic carbocycles. The minimum Gasteiger partial charge on any atom is -0.496 e. The van der Waals surface area contributed by atoms with Crippen LogP contribution in [0.2, 0.25) is 5.02 Å². The van der Waals surface area contributed by atoms with Crippen molar-refractivity contribution in [2.45, 2.75) is 6.54 Å². The van der Waals surface area contributed by atoms with E-state index in [1.165, 1.54) is 0 Å². The molecule has 0 saturated heterocycles. The fourth-order valence-electron chi connectivity index (χ4n) is 1.95. The van der Waals surface area contributed by atoms with Crippen LogP contribution in [0.25, 0.3) is 0 Å².